The van der Waals surface area contributed by atoms with E-state index in [0.29, 0.717) is 17.5 Å². The first kappa shape index (κ1) is 16.0. The molecule has 1 heterocycles. The molecule has 1 aromatic carbocycles. The number of sulfonamides is 1. The Morgan fingerprint density at radius 3 is 2.80 bits per heavy atom. The van der Waals surface area contributed by atoms with Gasteiger partial charge in [-0.25, -0.2) is 13.1 Å². The van der Waals surface area contributed by atoms with E-state index in [1.165, 1.54) is 18.2 Å². The summed E-state index contributed by atoms with van der Waals surface area (Å²) in [6.07, 6.45) is 3.13. The maximum Gasteiger partial charge on any atom is 0.242 e. The predicted octanol–water partition coefficient (Wildman–Crippen LogP) is 2.66. The first-order valence-electron chi connectivity index (χ1n) is 6.64. The molecule has 0 aliphatic carbocycles. The summed E-state index contributed by atoms with van der Waals surface area (Å²) >= 11 is 11.7. The topological polar surface area (TPSA) is 58.2 Å². The maximum atomic E-state index is 12.2. The fourth-order valence-corrected chi connectivity index (χ4v) is 4.16. The molecule has 20 heavy (non-hydrogen) atoms. The van der Waals surface area contributed by atoms with Gasteiger partial charge in [-0.15, -0.1) is 0 Å². The molecule has 112 valence electrons. The third-order valence-electron chi connectivity index (χ3n) is 3.43. The third-order valence-corrected chi connectivity index (χ3v) is 5.61. The Morgan fingerprint density at radius 2 is 2.15 bits per heavy atom. The van der Waals surface area contributed by atoms with Gasteiger partial charge in [0.15, 0.2) is 0 Å². The second kappa shape index (κ2) is 7.09. The molecule has 0 spiro atoms. The lowest BCUT2D eigenvalue weighted by Gasteiger charge is -2.22. The SMILES string of the molecule is O=S(=O)(NCCC1CCCNC1)c1ccc(Cl)cc1Cl. The van der Waals surface area contributed by atoms with E-state index in [1.807, 2.05) is 0 Å². The van der Waals surface area contributed by atoms with Crippen molar-refractivity contribution in [1.29, 1.82) is 0 Å². The number of benzene rings is 1. The highest BCUT2D eigenvalue weighted by molar-refractivity contribution is 7.89. The smallest absolute Gasteiger partial charge is 0.242 e. The fraction of sp³-hybridized carbons (Fsp3) is 0.538. The molecule has 0 bridgehead atoms. The normalized spacial score (nSPS) is 20.0. The molecule has 1 aliphatic heterocycles. The number of rotatable bonds is 5. The van der Waals surface area contributed by atoms with Gasteiger partial charge in [0.1, 0.15) is 4.90 Å². The lowest BCUT2D eigenvalue weighted by Crippen LogP contribution is -2.33. The van der Waals surface area contributed by atoms with Crippen LogP contribution in [0.2, 0.25) is 10.0 Å². The second-order valence-corrected chi connectivity index (χ2v) is 7.55. The molecule has 1 unspecified atom stereocenters. The van der Waals surface area contributed by atoms with Gasteiger partial charge in [-0.3, -0.25) is 0 Å². The molecular weight excluding hydrogens is 319 g/mol. The Labute approximate surface area is 129 Å². The van der Waals surface area contributed by atoms with E-state index in [4.69, 9.17) is 23.2 Å². The van der Waals surface area contributed by atoms with Crippen molar-refractivity contribution in [2.45, 2.75) is 24.2 Å². The Morgan fingerprint density at radius 1 is 1.35 bits per heavy atom. The largest absolute Gasteiger partial charge is 0.316 e. The van der Waals surface area contributed by atoms with Crippen molar-refractivity contribution in [3.8, 4) is 0 Å². The highest BCUT2D eigenvalue weighted by Gasteiger charge is 2.19. The van der Waals surface area contributed by atoms with Crippen molar-refractivity contribution in [2.24, 2.45) is 5.92 Å². The zero-order valence-corrected chi connectivity index (χ0v) is 13.4. The third kappa shape index (κ3) is 4.33. The molecule has 1 aliphatic rings. The van der Waals surface area contributed by atoms with Crippen LogP contribution < -0.4 is 10.0 Å². The summed E-state index contributed by atoms with van der Waals surface area (Å²) in [5, 5.41) is 3.88. The molecule has 0 saturated carbocycles. The first-order chi connectivity index (χ1) is 9.49. The van der Waals surface area contributed by atoms with E-state index < -0.39 is 10.0 Å². The van der Waals surface area contributed by atoms with E-state index in [1.54, 1.807) is 0 Å². The minimum atomic E-state index is -3.57. The molecule has 1 fully saturated rings. The van der Waals surface area contributed by atoms with E-state index in [9.17, 15) is 8.42 Å². The zero-order valence-electron chi connectivity index (χ0n) is 11.0. The van der Waals surface area contributed by atoms with Crippen LogP contribution in [0.5, 0.6) is 0 Å². The predicted molar refractivity (Wildman–Crippen MR) is 81.9 cm³/mol. The van der Waals surface area contributed by atoms with Crippen molar-refractivity contribution in [3.05, 3.63) is 28.2 Å². The van der Waals surface area contributed by atoms with Crippen LogP contribution in [0.4, 0.5) is 0 Å². The second-order valence-electron chi connectivity index (χ2n) is 4.97. The number of piperidine rings is 1. The van der Waals surface area contributed by atoms with Crippen LogP contribution in [0.1, 0.15) is 19.3 Å². The van der Waals surface area contributed by atoms with Gasteiger partial charge in [0.2, 0.25) is 10.0 Å². The van der Waals surface area contributed by atoms with Crippen molar-refractivity contribution < 1.29 is 8.42 Å². The average Bonchev–Trinajstić information content (AvgIpc) is 2.39. The van der Waals surface area contributed by atoms with Crippen molar-refractivity contribution >= 4 is 33.2 Å². The fourth-order valence-electron chi connectivity index (χ4n) is 2.34. The molecule has 0 aromatic heterocycles. The standard InChI is InChI=1S/C13H18Cl2N2O2S/c14-11-3-4-13(12(15)8-11)20(18,19)17-7-5-10-2-1-6-16-9-10/h3-4,8,10,16-17H,1-2,5-7,9H2. The zero-order chi connectivity index (χ0) is 14.6. The van der Waals surface area contributed by atoms with E-state index >= 15 is 0 Å². The van der Waals surface area contributed by atoms with Crippen LogP contribution in [0.25, 0.3) is 0 Å². The van der Waals surface area contributed by atoms with Gasteiger partial charge in [-0.2, -0.15) is 0 Å². The van der Waals surface area contributed by atoms with Crippen LogP contribution in [0.3, 0.4) is 0 Å². The summed E-state index contributed by atoms with van der Waals surface area (Å²) in [4.78, 5) is 0.0744. The number of hydrogen-bond donors (Lipinski definition) is 2. The number of halogens is 2. The quantitative estimate of drug-likeness (QED) is 0.868. The van der Waals surface area contributed by atoms with Gasteiger partial charge >= 0.3 is 0 Å². The molecule has 0 amide bonds. The number of nitrogens with one attached hydrogen (secondary N) is 2. The van der Waals surface area contributed by atoms with Gasteiger partial charge in [0.05, 0.1) is 5.02 Å². The minimum Gasteiger partial charge on any atom is -0.316 e. The lowest BCUT2D eigenvalue weighted by atomic mass is 9.96. The van der Waals surface area contributed by atoms with Crippen molar-refractivity contribution in [1.82, 2.24) is 10.0 Å². The highest BCUT2D eigenvalue weighted by Crippen LogP contribution is 2.24. The van der Waals surface area contributed by atoms with E-state index in [0.717, 1.165) is 32.4 Å². The average molecular weight is 337 g/mol. The summed E-state index contributed by atoms with van der Waals surface area (Å²) in [6, 6.07) is 4.38. The molecule has 1 atom stereocenters. The molecular formula is C13H18Cl2N2O2S. The Bertz CT molecular complexity index is 557. The van der Waals surface area contributed by atoms with Crippen LogP contribution in [-0.2, 0) is 10.0 Å². The highest BCUT2D eigenvalue weighted by atomic mass is 35.5. The molecule has 4 nitrogen and oxygen atoms in total. The van der Waals surface area contributed by atoms with Gasteiger partial charge in [-0.1, -0.05) is 23.2 Å². The van der Waals surface area contributed by atoms with Crippen LogP contribution >= 0.6 is 23.2 Å². The molecule has 0 radical (unpaired) electrons. The first-order valence-corrected chi connectivity index (χ1v) is 8.88. The van der Waals surface area contributed by atoms with Gasteiger partial charge in [0.25, 0.3) is 0 Å². The maximum absolute atomic E-state index is 12.2. The molecule has 7 heteroatoms. The Kier molecular flexibility index (Phi) is 5.69. The number of hydrogen-bond acceptors (Lipinski definition) is 3. The molecule has 1 saturated heterocycles. The molecule has 2 N–H and O–H groups in total. The summed E-state index contributed by atoms with van der Waals surface area (Å²) in [5.74, 6) is 0.534. The monoisotopic (exact) mass is 336 g/mol. The van der Waals surface area contributed by atoms with E-state index in [2.05, 4.69) is 10.0 Å². The summed E-state index contributed by atoms with van der Waals surface area (Å²) < 4.78 is 26.9. The van der Waals surface area contributed by atoms with Crippen LogP contribution in [0.15, 0.2) is 23.1 Å². The van der Waals surface area contributed by atoms with E-state index in [-0.39, 0.29) is 9.92 Å². The van der Waals surface area contributed by atoms with Crippen LogP contribution in [0, 0.1) is 5.92 Å². The summed E-state index contributed by atoms with van der Waals surface area (Å²) in [7, 11) is -3.57. The Hall–Kier alpha value is -0.330. The van der Waals surface area contributed by atoms with Crippen molar-refractivity contribution in [2.75, 3.05) is 19.6 Å². The summed E-state index contributed by atoms with van der Waals surface area (Å²) in [6.45, 7) is 2.44. The van der Waals surface area contributed by atoms with Gasteiger partial charge in [0, 0.05) is 11.6 Å². The molecule has 1 aromatic rings. The Balaban J connectivity index is 1.93. The van der Waals surface area contributed by atoms with Crippen molar-refractivity contribution in [3.63, 3.8) is 0 Å². The minimum absolute atomic E-state index is 0.0744. The van der Waals surface area contributed by atoms with Gasteiger partial charge < -0.3 is 5.32 Å². The molecule has 2 rings (SSSR count). The van der Waals surface area contributed by atoms with Crippen LogP contribution in [-0.4, -0.2) is 28.1 Å². The summed E-state index contributed by atoms with van der Waals surface area (Å²) in [5.41, 5.74) is 0. The van der Waals surface area contributed by atoms with Gasteiger partial charge in [-0.05, 0) is 56.5 Å². The lowest BCUT2D eigenvalue weighted by molar-refractivity contribution is 0.358.